The third-order valence-electron chi connectivity index (χ3n) is 0.921. The molecule has 0 saturated heterocycles. The highest BCUT2D eigenvalue weighted by Crippen LogP contribution is 1.88. The number of hydrogen-bond acceptors (Lipinski definition) is 2. The molecule has 0 spiro atoms. The number of H-pyrrole nitrogens is 1. The minimum atomic E-state index is -0.174. The Morgan fingerprint density at radius 1 is 1.75 bits per heavy atom. The van der Waals surface area contributed by atoms with Crippen LogP contribution in [0.1, 0.15) is 5.76 Å². The Morgan fingerprint density at radius 2 is 2.38 bits per heavy atom. The molecule has 4 heteroatoms. The van der Waals surface area contributed by atoms with Crippen molar-refractivity contribution in [2.45, 2.75) is 6.92 Å². The van der Waals surface area contributed by atoms with Gasteiger partial charge in [0.05, 0.1) is 5.30 Å². The summed E-state index contributed by atoms with van der Waals surface area (Å²) >= 11 is 0. The lowest BCUT2D eigenvalue weighted by atomic mass is 10.5. The molecule has 0 amide bonds. The summed E-state index contributed by atoms with van der Waals surface area (Å²) in [4.78, 5) is 10.5. The maximum absolute atomic E-state index is 10.5. The number of rotatable bonds is 0. The molecule has 0 saturated carbocycles. The summed E-state index contributed by atoms with van der Waals surface area (Å²) in [5.41, 5.74) is -0.174. The van der Waals surface area contributed by atoms with E-state index in [2.05, 4.69) is 18.9 Å². The van der Waals surface area contributed by atoms with Gasteiger partial charge in [0.15, 0.2) is 0 Å². The quantitative estimate of drug-likeness (QED) is 0.494. The molecule has 0 aliphatic rings. The van der Waals surface area contributed by atoms with E-state index >= 15 is 0 Å². The van der Waals surface area contributed by atoms with Crippen LogP contribution in [0.5, 0.6) is 0 Å². The fraction of sp³-hybridized carbons (Fsp3) is 0.250. The van der Waals surface area contributed by atoms with Crippen molar-refractivity contribution in [3.63, 3.8) is 0 Å². The zero-order valence-corrected chi connectivity index (χ0v) is 5.55. The second kappa shape index (κ2) is 1.75. The van der Waals surface area contributed by atoms with Crippen molar-refractivity contribution < 1.29 is 4.52 Å². The highest BCUT2D eigenvalue weighted by molar-refractivity contribution is 7.27. The maximum atomic E-state index is 10.5. The predicted molar refractivity (Wildman–Crippen MR) is 33.4 cm³/mol. The molecular formula is C4H6NO2P. The average Bonchev–Trinajstić information content (AvgIpc) is 1.98. The van der Waals surface area contributed by atoms with Crippen LogP contribution in [0.3, 0.4) is 0 Å². The van der Waals surface area contributed by atoms with Crippen LogP contribution in [0.4, 0.5) is 0 Å². The monoisotopic (exact) mass is 131 g/mol. The predicted octanol–water partition coefficient (Wildman–Crippen LogP) is -0.223. The Balaban J connectivity index is 3.41. The maximum Gasteiger partial charge on any atom is 0.287 e. The highest BCUT2D eigenvalue weighted by atomic mass is 31.0. The van der Waals surface area contributed by atoms with E-state index < -0.39 is 0 Å². The molecule has 3 nitrogen and oxygen atoms in total. The summed E-state index contributed by atoms with van der Waals surface area (Å²) < 4.78 is 4.64. The molecule has 1 aromatic heterocycles. The van der Waals surface area contributed by atoms with E-state index in [1.54, 1.807) is 6.92 Å². The topological polar surface area (TPSA) is 46.0 Å². The van der Waals surface area contributed by atoms with Crippen LogP contribution >= 0.6 is 9.24 Å². The smallest absolute Gasteiger partial charge is 0.287 e. The molecule has 0 bridgehead atoms. The van der Waals surface area contributed by atoms with E-state index in [0.717, 1.165) is 0 Å². The van der Waals surface area contributed by atoms with Gasteiger partial charge >= 0.3 is 0 Å². The molecule has 0 fully saturated rings. The zero-order valence-electron chi connectivity index (χ0n) is 4.39. The van der Waals surface area contributed by atoms with Gasteiger partial charge in [-0.25, -0.2) is 0 Å². The van der Waals surface area contributed by atoms with Crippen molar-refractivity contribution in [2.24, 2.45) is 0 Å². The lowest BCUT2D eigenvalue weighted by Crippen LogP contribution is -2.14. The van der Waals surface area contributed by atoms with Crippen LogP contribution in [0.2, 0.25) is 0 Å². The van der Waals surface area contributed by atoms with Gasteiger partial charge in [-0.15, -0.1) is 0 Å². The van der Waals surface area contributed by atoms with Crippen molar-refractivity contribution in [2.75, 3.05) is 0 Å². The molecule has 1 heterocycles. The van der Waals surface area contributed by atoms with Gasteiger partial charge in [0, 0.05) is 0 Å². The first-order valence-corrected chi connectivity index (χ1v) is 2.73. The number of aryl methyl sites for hydroxylation is 1. The van der Waals surface area contributed by atoms with Crippen LogP contribution in [0, 0.1) is 6.92 Å². The zero-order chi connectivity index (χ0) is 6.15. The van der Waals surface area contributed by atoms with Gasteiger partial charge in [-0.3, -0.25) is 4.79 Å². The summed E-state index contributed by atoms with van der Waals surface area (Å²) in [5.74, 6) is 0.625. The lowest BCUT2D eigenvalue weighted by molar-refractivity contribution is 0.393. The fourth-order valence-corrected chi connectivity index (χ4v) is 0.511. The van der Waals surface area contributed by atoms with E-state index in [0.29, 0.717) is 11.1 Å². The summed E-state index contributed by atoms with van der Waals surface area (Å²) in [6.45, 7) is 1.72. The van der Waals surface area contributed by atoms with Gasteiger partial charge in [-0.1, -0.05) is 9.24 Å². The molecule has 0 aliphatic heterocycles. The van der Waals surface area contributed by atoms with Crippen LogP contribution in [0.25, 0.3) is 0 Å². The van der Waals surface area contributed by atoms with E-state index in [1.807, 2.05) is 0 Å². The number of hydrogen-bond donors (Lipinski definition) is 1. The second-order valence-electron chi connectivity index (χ2n) is 1.50. The van der Waals surface area contributed by atoms with Crippen molar-refractivity contribution in [1.82, 2.24) is 5.16 Å². The van der Waals surface area contributed by atoms with Gasteiger partial charge in [0.2, 0.25) is 0 Å². The van der Waals surface area contributed by atoms with Gasteiger partial charge < -0.3 is 4.52 Å². The molecule has 1 atom stereocenters. The van der Waals surface area contributed by atoms with E-state index in [4.69, 9.17) is 0 Å². The Morgan fingerprint density at radius 3 is 2.50 bits per heavy atom. The van der Waals surface area contributed by atoms with Gasteiger partial charge in [-0.2, -0.15) is 5.16 Å². The summed E-state index contributed by atoms with van der Waals surface area (Å²) in [5, 5.41) is 2.76. The molecule has 0 radical (unpaired) electrons. The average molecular weight is 131 g/mol. The second-order valence-corrected chi connectivity index (χ2v) is 2.08. The first kappa shape index (κ1) is 5.57. The van der Waals surface area contributed by atoms with Crippen molar-refractivity contribution in [3.05, 3.63) is 16.1 Å². The first-order valence-electron chi connectivity index (χ1n) is 2.15. The van der Waals surface area contributed by atoms with E-state index in [1.165, 1.54) is 0 Å². The minimum absolute atomic E-state index is 0.174. The van der Waals surface area contributed by atoms with E-state index in [9.17, 15) is 4.79 Å². The SMILES string of the molecule is Cc1o[nH]c(=O)c1P. The minimum Gasteiger partial charge on any atom is -0.383 e. The standard InChI is InChI=1S/C4H6NO2P/c1-2-3(8)4(6)5-7-2/h8H2,1H3,(H,5,6). The van der Waals surface area contributed by atoms with Crippen LogP contribution < -0.4 is 10.9 Å². The molecule has 8 heavy (non-hydrogen) atoms. The Labute approximate surface area is 48.3 Å². The van der Waals surface area contributed by atoms with Gasteiger partial charge in [0.25, 0.3) is 5.56 Å². The summed E-state index contributed by atoms with van der Waals surface area (Å²) in [7, 11) is 2.29. The van der Waals surface area contributed by atoms with Crippen LogP contribution in [0.15, 0.2) is 9.32 Å². The Hall–Kier alpha value is -0.560. The third kappa shape index (κ3) is 0.693. The normalized spacial score (nSPS) is 9.75. The molecule has 1 rings (SSSR count). The number of aromatic amines is 1. The molecule has 1 aromatic rings. The van der Waals surface area contributed by atoms with Crippen LogP contribution in [-0.4, -0.2) is 5.16 Å². The van der Waals surface area contributed by atoms with Crippen LogP contribution in [-0.2, 0) is 0 Å². The van der Waals surface area contributed by atoms with Gasteiger partial charge in [-0.05, 0) is 6.92 Å². The Kier molecular flexibility index (Phi) is 1.22. The third-order valence-corrected chi connectivity index (χ3v) is 1.59. The largest absolute Gasteiger partial charge is 0.383 e. The lowest BCUT2D eigenvalue weighted by Gasteiger charge is -1.75. The highest BCUT2D eigenvalue weighted by Gasteiger charge is 1.98. The molecule has 0 aromatic carbocycles. The fourth-order valence-electron chi connectivity index (χ4n) is 0.393. The Bertz CT molecular complexity index is 236. The molecule has 0 aliphatic carbocycles. The summed E-state index contributed by atoms with van der Waals surface area (Å²) in [6, 6.07) is 0. The number of nitrogens with one attached hydrogen (secondary N) is 1. The summed E-state index contributed by atoms with van der Waals surface area (Å²) in [6.07, 6.45) is 0. The molecule has 1 unspecified atom stereocenters. The molecule has 1 N–H and O–H groups in total. The van der Waals surface area contributed by atoms with Gasteiger partial charge in [0.1, 0.15) is 5.76 Å². The molecular weight excluding hydrogens is 125 g/mol. The molecule has 44 valence electrons. The van der Waals surface area contributed by atoms with Crippen molar-refractivity contribution in [1.29, 1.82) is 0 Å². The van der Waals surface area contributed by atoms with E-state index in [-0.39, 0.29) is 5.56 Å². The first-order chi connectivity index (χ1) is 3.72. The van der Waals surface area contributed by atoms with Crippen molar-refractivity contribution in [3.8, 4) is 0 Å². The number of aromatic nitrogens is 1. The van der Waals surface area contributed by atoms with Crippen molar-refractivity contribution >= 4 is 14.5 Å².